The number of aliphatic carboxylic acids is 1. The van der Waals surface area contributed by atoms with Crippen LogP contribution in [0, 0.1) is 0 Å². The van der Waals surface area contributed by atoms with Crippen LogP contribution >= 0.6 is 0 Å². The summed E-state index contributed by atoms with van der Waals surface area (Å²) in [6, 6.07) is 7.45. The summed E-state index contributed by atoms with van der Waals surface area (Å²) < 4.78 is 0. The topological polar surface area (TPSA) is 60.9 Å². The maximum atomic E-state index is 12.2. The molecule has 1 aliphatic rings. The van der Waals surface area contributed by atoms with Crippen LogP contribution in [0.15, 0.2) is 24.3 Å². The van der Waals surface area contributed by atoms with Gasteiger partial charge in [-0.1, -0.05) is 12.1 Å². The molecule has 0 bridgehead atoms. The quantitative estimate of drug-likeness (QED) is 0.897. The third-order valence-corrected chi connectivity index (χ3v) is 3.94. The Morgan fingerprint density at radius 2 is 1.95 bits per heavy atom. The molecule has 1 aromatic carbocycles. The second kappa shape index (κ2) is 6.61. The third kappa shape index (κ3) is 3.74. The van der Waals surface area contributed by atoms with Gasteiger partial charge in [-0.3, -0.25) is 4.79 Å². The molecule has 1 unspecified atom stereocenters. The van der Waals surface area contributed by atoms with Gasteiger partial charge in [-0.2, -0.15) is 0 Å². The predicted molar refractivity (Wildman–Crippen MR) is 81.5 cm³/mol. The van der Waals surface area contributed by atoms with Crippen molar-refractivity contribution in [2.24, 2.45) is 0 Å². The Labute approximate surface area is 125 Å². The standard InChI is InChI=1S/C16H22N2O3/c1-17(2)13-8-5-12(6-9-13)7-10-15(19)18-11-3-4-14(18)16(20)21/h5-6,8-9,14H,3-4,7,10-11H2,1-2H3,(H,20,21). The largest absolute Gasteiger partial charge is 0.480 e. The lowest BCUT2D eigenvalue weighted by Gasteiger charge is -2.21. The van der Waals surface area contributed by atoms with Crippen molar-refractivity contribution in [2.45, 2.75) is 31.7 Å². The first-order valence-corrected chi connectivity index (χ1v) is 7.27. The Kier molecular flexibility index (Phi) is 4.83. The summed E-state index contributed by atoms with van der Waals surface area (Å²) in [7, 11) is 3.97. The van der Waals surface area contributed by atoms with Crippen molar-refractivity contribution in [1.82, 2.24) is 4.90 Å². The zero-order valence-electron chi connectivity index (χ0n) is 12.6. The van der Waals surface area contributed by atoms with E-state index in [1.54, 1.807) is 0 Å². The second-order valence-electron chi connectivity index (χ2n) is 5.64. The molecule has 0 aromatic heterocycles. The lowest BCUT2D eigenvalue weighted by atomic mass is 10.1. The van der Waals surface area contributed by atoms with Gasteiger partial charge in [0.05, 0.1) is 0 Å². The molecule has 1 aliphatic heterocycles. The number of rotatable bonds is 5. The Bertz CT molecular complexity index is 511. The van der Waals surface area contributed by atoms with Crippen LogP contribution in [-0.4, -0.2) is 48.6 Å². The molecular formula is C16H22N2O3. The van der Waals surface area contributed by atoms with Gasteiger partial charge in [-0.05, 0) is 37.0 Å². The monoisotopic (exact) mass is 290 g/mol. The van der Waals surface area contributed by atoms with Gasteiger partial charge in [-0.15, -0.1) is 0 Å². The number of anilines is 1. The fourth-order valence-electron chi connectivity index (χ4n) is 2.68. The molecule has 1 saturated heterocycles. The van der Waals surface area contributed by atoms with Gasteiger partial charge in [-0.25, -0.2) is 4.79 Å². The summed E-state index contributed by atoms with van der Waals surface area (Å²) in [6.07, 6.45) is 2.36. The molecule has 1 amide bonds. The number of hydrogen-bond acceptors (Lipinski definition) is 3. The van der Waals surface area contributed by atoms with Crippen LogP contribution in [-0.2, 0) is 16.0 Å². The van der Waals surface area contributed by atoms with Crippen molar-refractivity contribution in [1.29, 1.82) is 0 Å². The van der Waals surface area contributed by atoms with Gasteiger partial charge in [0.1, 0.15) is 6.04 Å². The van der Waals surface area contributed by atoms with E-state index >= 15 is 0 Å². The zero-order valence-corrected chi connectivity index (χ0v) is 12.6. The predicted octanol–water partition coefficient (Wildman–Crippen LogP) is 1.76. The van der Waals surface area contributed by atoms with Crippen molar-refractivity contribution in [3.63, 3.8) is 0 Å². The van der Waals surface area contributed by atoms with Crippen LogP contribution in [0.3, 0.4) is 0 Å². The van der Waals surface area contributed by atoms with Crippen LogP contribution < -0.4 is 4.90 Å². The summed E-state index contributed by atoms with van der Waals surface area (Å²) in [5.41, 5.74) is 2.22. The maximum absolute atomic E-state index is 12.2. The Morgan fingerprint density at radius 3 is 2.52 bits per heavy atom. The highest BCUT2D eigenvalue weighted by Gasteiger charge is 2.33. The normalized spacial score (nSPS) is 17.8. The number of nitrogens with zero attached hydrogens (tertiary/aromatic N) is 2. The number of carboxylic acid groups (broad SMARTS) is 1. The number of carbonyl (C=O) groups excluding carboxylic acids is 1. The van der Waals surface area contributed by atoms with E-state index in [0.29, 0.717) is 25.8 Å². The number of hydrogen-bond donors (Lipinski definition) is 1. The highest BCUT2D eigenvalue weighted by atomic mass is 16.4. The fraction of sp³-hybridized carbons (Fsp3) is 0.500. The molecule has 1 N–H and O–H groups in total. The van der Waals surface area contributed by atoms with Gasteiger partial charge in [0.2, 0.25) is 5.91 Å². The van der Waals surface area contributed by atoms with Crippen molar-refractivity contribution >= 4 is 17.6 Å². The number of aryl methyl sites for hydroxylation is 1. The number of likely N-dealkylation sites (tertiary alicyclic amines) is 1. The van der Waals surface area contributed by atoms with Crippen molar-refractivity contribution in [3.05, 3.63) is 29.8 Å². The zero-order chi connectivity index (χ0) is 15.4. The first-order valence-electron chi connectivity index (χ1n) is 7.27. The number of amides is 1. The molecule has 2 rings (SSSR count). The van der Waals surface area contributed by atoms with Gasteiger partial charge in [0.25, 0.3) is 0 Å². The minimum atomic E-state index is -0.892. The van der Waals surface area contributed by atoms with Gasteiger partial charge in [0.15, 0.2) is 0 Å². The molecule has 0 spiro atoms. The minimum Gasteiger partial charge on any atom is -0.480 e. The minimum absolute atomic E-state index is 0.0587. The van der Waals surface area contributed by atoms with Crippen LogP contribution in [0.5, 0.6) is 0 Å². The van der Waals surface area contributed by atoms with Crippen LogP contribution in [0.4, 0.5) is 5.69 Å². The summed E-state index contributed by atoms with van der Waals surface area (Å²) in [4.78, 5) is 26.8. The molecule has 0 aliphatic carbocycles. The molecule has 1 heterocycles. The molecule has 0 radical (unpaired) electrons. The lowest BCUT2D eigenvalue weighted by Crippen LogP contribution is -2.40. The number of carbonyl (C=O) groups is 2. The number of benzene rings is 1. The highest BCUT2D eigenvalue weighted by molar-refractivity contribution is 5.84. The van der Waals surface area contributed by atoms with Crippen LogP contribution in [0.1, 0.15) is 24.8 Å². The Balaban J connectivity index is 1.90. The molecule has 1 aromatic rings. The average Bonchev–Trinajstić information content (AvgIpc) is 2.95. The summed E-state index contributed by atoms with van der Waals surface area (Å²) in [6.45, 7) is 0.565. The van der Waals surface area contributed by atoms with Gasteiger partial charge >= 0.3 is 5.97 Å². The molecule has 5 heteroatoms. The molecule has 1 atom stereocenters. The van der Waals surface area contributed by atoms with E-state index in [1.165, 1.54) is 4.90 Å². The summed E-state index contributed by atoms with van der Waals surface area (Å²) >= 11 is 0. The summed E-state index contributed by atoms with van der Waals surface area (Å²) in [5, 5.41) is 9.10. The van der Waals surface area contributed by atoms with Gasteiger partial charge in [0, 0.05) is 32.7 Å². The Hall–Kier alpha value is -2.04. The smallest absolute Gasteiger partial charge is 0.326 e. The van der Waals surface area contributed by atoms with Gasteiger partial charge < -0.3 is 14.9 Å². The molecule has 0 saturated carbocycles. The second-order valence-corrected chi connectivity index (χ2v) is 5.64. The highest BCUT2D eigenvalue weighted by Crippen LogP contribution is 2.19. The van der Waals surface area contributed by atoms with E-state index in [9.17, 15) is 9.59 Å². The first-order chi connectivity index (χ1) is 9.99. The van der Waals surface area contributed by atoms with E-state index in [4.69, 9.17) is 5.11 Å². The first kappa shape index (κ1) is 15.4. The van der Waals surface area contributed by atoms with Crippen molar-refractivity contribution in [3.8, 4) is 0 Å². The molecule has 5 nitrogen and oxygen atoms in total. The van der Waals surface area contributed by atoms with Crippen molar-refractivity contribution < 1.29 is 14.7 Å². The van der Waals surface area contributed by atoms with E-state index in [-0.39, 0.29) is 5.91 Å². The van der Waals surface area contributed by atoms with Crippen molar-refractivity contribution in [2.75, 3.05) is 25.5 Å². The molecule has 114 valence electrons. The van der Waals surface area contributed by atoms with E-state index in [1.807, 2.05) is 43.3 Å². The SMILES string of the molecule is CN(C)c1ccc(CCC(=O)N2CCCC2C(=O)O)cc1. The van der Waals surface area contributed by atoms with E-state index in [2.05, 4.69) is 0 Å². The Morgan fingerprint density at radius 1 is 1.29 bits per heavy atom. The van der Waals surface area contributed by atoms with E-state index < -0.39 is 12.0 Å². The molecule has 21 heavy (non-hydrogen) atoms. The lowest BCUT2D eigenvalue weighted by molar-refractivity contribution is -0.148. The van der Waals surface area contributed by atoms with Crippen LogP contribution in [0.2, 0.25) is 0 Å². The third-order valence-electron chi connectivity index (χ3n) is 3.94. The summed E-state index contributed by atoms with van der Waals surface area (Å²) in [5.74, 6) is -0.951. The van der Waals surface area contributed by atoms with E-state index in [0.717, 1.165) is 17.7 Å². The average molecular weight is 290 g/mol. The maximum Gasteiger partial charge on any atom is 0.326 e. The molecular weight excluding hydrogens is 268 g/mol. The fourth-order valence-corrected chi connectivity index (χ4v) is 2.68. The molecule has 1 fully saturated rings. The van der Waals surface area contributed by atoms with Crippen LogP contribution in [0.25, 0.3) is 0 Å². The number of carboxylic acids is 1.